The van der Waals surface area contributed by atoms with Gasteiger partial charge >= 0.3 is 35.8 Å². The Labute approximate surface area is 706 Å². The maximum atomic E-state index is 13.4. The fourth-order valence-electron chi connectivity index (χ4n) is 20.2. The number of rotatable bonds is 31. The van der Waals surface area contributed by atoms with Crippen molar-refractivity contribution in [1.29, 1.82) is 0 Å². The Hall–Kier alpha value is -9.58. The Bertz CT molecular complexity index is 4670. The second-order valence-electron chi connectivity index (χ2n) is 33.9. The minimum Gasteiger partial charge on any atom is -0.459 e. The maximum Gasteiger partial charge on any atom is 0.339 e. The normalized spacial score (nSPS) is 28.7. The molecule has 1 saturated carbocycles. The number of thioether (sulfide) groups is 1. The molecule has 1 aromatic heterocycles. The van der Waals surface area contributed by atoms with Crippen molar-refractivity contribution in [2.45, 2.75) is 225 Å². The summed E-state index contributed by atoms with van der Waals surface area (Å²) in [4.78, 5) is 95.6. The number of carbonyl (C=O) groups is 7. The Morgan fingerprint density at radius 1 is 0.620 bits per heavy atom. The molecule has 19 rings (SSSR count). The topological polar surface area (TPSA) is 359 Å². The summed E-state index contributed by atoms with van der Waals surface area (Å²) in [6.07, 6.45) is 16.2. The zero-order valence-corrected chi connectivity index (χ0v) is 70.1. The number of aryl methyl sites for hydroxylation is 1. The Morgan fingerprint density at radius 3 is 1.75 bits per heavy atom. The highest BCUT2D eigenvalue weighted by atomic mass is 32.2. The molecular formula is C87H109N11O22S. The highest BCUT2D eigenvalue weighted by Gasteiger charge is 2.58. The van der Waals surface area contributed by atoms with Crippen molar-refractivity contribution in [3.63, 3.8) is 0 Å². The van der Waals surface area contributed by atoms with Crippen molar-refractivity contribution in [2.24, 2.45) is 16.1 Å². The number of likely N-dealkylation sites (N-methyl/N-ethyl adjacent to an activating group) is 3. The van der Waals surface area contributed by atoms with E-state index < -0.39 is 66.2 Å². The molecule has 121 heavy (non-hydrogen) atoms. The number of ether oxygens (including phenoxy) is 15. The van der Waals surface area contributed by atoms with E-state index in [1.54, 1.807) is 22.9 Å². The number of amides is 1. The van der Waals surface area contributed by atoms with Gasteiger partial charge in [0.15, 0.2) is 58.9 Å². The van der Waals surface area contributed by atoms with Crippen molar-refractivity contribution in [3.8, 4) is 34.5 Å². The number of hydrogen-bond donors (Lipinski definition) is 3. The summed E-state index contributed by atoms with van der Waals surface area (Å²) in [5, 5.41) is 27.3. The van der Waals surface area contributed by atoms with Crippen LogP contribution < -0.4 is 44.4 Å². The van der Waals surface area contributed by atoms with Gasteiger partial charge in [-0.3, -0.25) is 29.0 Å². The second-order valence-corrected chi connectivity index (χ2v) is 35.2. The van der Waals surface area contributed by atoms with Crippen molar-refractivity contribution in [3.05, 3.63) is 117 Å². The number of nitrogens with zero attached hydrogens (tertiary/aromatic N) is 8. The Morgan fingerprint density at radius 2 is 1.17 bits per heavy atom. The van der Waals surface area contributed by atoms with Gasteiger partial charge < -0.3 is 91.9 Å². The Kier molecular flexibility index (Phi) is 25.5. The fourth-order valence-corrected chi connectivity index (χ4v) is 21.7. The molecule has 6 fully saturated rings. The van der Waals surface area contributed by atoms with Crippen LogP contribution in [0, 0.1) is 5.92 Å². The molecule has 0 radical (unpaired) electrons. The molecule has 650 valence electrons. The summed E-state index contributed by atoms with van der Waals surface area (Å²) in [6, 6.07) is 12.1. The minimum atomic E-state index is -0.878. The summed E-state index contributed by atoms with van der Waals surface area (Å²) < 4.78 is 87.1. The summed E-state index contributed by atoms with van der Waals surface area (Å²) in [5.74, 6) is 3.35. The number of likely N-dealkylation sites (tertiary alicyclic amines) is 3. The van der Waals surface area contributed by atoms with E-state index in [0.29, 0.717) is 153 Å². The molecule has 13 heterocycles. The molecule has 12 aliphatic heterocycles. The lowest BCUT2D eigenvalue weighted by molar-refractivity contribution is -0.161. The van der Waals surface area contributed by atoms with E-state index in [4.69, 9.17) is 71.1 Å². The van der Waals surface area contributed by atoms with Crippen LogP contribution in [0.25, 0.3) is 0 Å². The first-order valence-electron chi connectivity index (χ1n) is 43.0. The molecule has 3 aliphatic carbocycles. The molecule has 33 nitrogen and oxygen atoms in total. The molecule has 16 atom stereocenters. The number of aromatic nitrogens is 3. The largest absolute Gasteiger partial charge is 0.459 e. The average Bonchev–Trinajstić information content (AvgIpc) is 1.68. The van der Waals surface area contributed by atoms with Crippen LogP contribution in [-0.2, 0) is 74.8 Å². The third-order valence-electron chi connectivity index (χ3n) is 26.0. The molecular weight excluding hydrogens is 1580 g/mol. The van der Waals surface area contributed by atoms with E-state index in [0.717, 1.165) is 123 Å². The number of benzene rings is 3. The third-order valence-corrected chi connectivity index (χ3v) is 27.5. The summed E-state index contributed by atoms with van der Waals surface area (Å²) in [5.41, 5.74) is 6.39. The second kappa shape index (κ2) is 36.8. The van der Waals surface area contributed by atoms with Crippen LogP contribution in [0.2, 0.25) is 0 Å². The maximum absolute atomic E-state index is 13.4. The number of unbranched alkanes of at least 4 members (excludes halogenated alkanes) is 5. The van der Waals surface area contributed by atoms with Gasteiger partial charge in [-0.2, -0.15) is 22.0 Å². The average molecular weight is 1690 g/mol. The van der Waals surface area contributed by atoms with E-state index in [-0.39, 0.29) is 80.5 Å². The van der Waals surface area contributed by atoms with Crippen LogP contribution in [0.3, 0.4) is 0 Å². The zero-order chi connectivity index (χ0) is 83.6. The van der Waals surface area contributed by atoms with E-state index in [1.807, 2.05) is 48.3 Å². The zero-order valence-electron chi connectivity index (χ0n) is 69.2. The SMILES string of the molecule is C=C1N[C@H]2[C@H](CS[C@H]2CCCCC(=O)NCCOCCOCCOCCn2cc(CCC3(CC(=O)O[C@H]4C=C5CCN(C)[C@H]5[C@@H]5c6cc7c(cc6C(=O)O[C@@H]54)OCO7)N=N3)nn2)N1.CC(=O)O[C@H]1C[C@H]2CCN(C)[C@H]2[C@@H]2c3cc4c(cc3C(=O)O[C@@H]21)OCO4.CCCCCCCC(=O)O[C@H]1C=C2CCN(C)[C@H]2[C@@H]2c3cc4c(cc3C(=O)O[C@@H]21)OCO4. The first kappa shape index (κ1) is 83.7. The molecule has 3 N–H and O–H groups in total. The molecule has 3 aromatic carbocycles. The van der Waals surface area contributed by atoms with E-state index in [9.17, 15) is 33.6 Å². The monoisotopic (exact) mass is 1690 g/mol. The first-order chi connectivity index (χ1) is 58.8. The smallest absolute Gasteiger partial charge is 0.339 e. The van der Waals surface area contributed by atoms with Crippen molar-refractivity contribution < 1.29 is 105 Å². The number of hydrogen-bond acceptors (Lipinski definition) is 32. The Balaban J connectivity index is 0.000000148. The molecule has 1 amide bonds. The molecule has 4 aromatic rings. The predicted octanol–water partition coefficient (Wildman–Crippen LogP) is 8.26. The molecule has 34 heteroatoms. The highest BCUT2D eigenvalue weighted by molar-refractivity contribution is 8.00. The van der Waals surface area contributed by atoms with E-state index >= 15 is 0 Å². The van der Waals surface area contributed by atoms with Crippen LogP contribution in [0.1, 0.15) is 188 Å². The number of carbonyl (C=O) groups excluding carboxylic acids is 7. The van der Waals surface area contributed by atoms with Gasteiger partial charge in [0.25, 0.3) is 0 Å². The van der Waals surface area contributed by atoms with Gasteiger partial charge in [-0.05, 0) is 150 Å². The van der Waals surface area contributed by atoms with Crippen molar-refractivity contribution in [2.75, 3.05) is 113 Å². The van der Waals surface area contributed by atoms with Crippen LogP contribution in [0.5, 0.6) is 34.5 Å². The number of fused-ring (bicyclic) bond motifs is 19. The molecule has 0 spiro atoms. The number of esters is 6. The van der Waals surface area contributed by atoms with E-state index in [2.05, 4.69) is 85.8 Å². The minimum absolute atomic E-state index is 0.00573. The van der Waals surface area contributed by atoms with Gasteiger partial charge in [0.05, 0.1) is 92.9 Å². The molecule has 0 bridgehead atoms. The summed E-state index contributed by atoms with van der Waals surface area (Å²) in [7, 11) is 6.26. The van der Waals surface area contributed by atoms with Gasteiger partial charge in [-0.1, -0.05) is 62.0 Å². The van der Waals surface area contributed by atoms with Crippen molar-refractivity contribution >= 4 is 53.5 Å². The highest BCUT2D eigenvalue weighted by Crippen LogP contribution is 2.55. The quantitative estimate of drug-likeness (QED) is 0.0185. The predicted molar refractivity (Wildman–Crippen MR) is 433 cm³/mol. The summed E-state index contributed by atoms with van der Waals surface area (Å²) >= 11 is 2.00. The lowest BCUT2D eigenvalue weighted by Crippen LogP contribution is -2.55. The van der Waals surface area contributed by atoms with Crippen LogP contribution in [0.15, 0.2) is 88.5 Å². The molecule has 5 saturated heterocycles. The first-order valence-corrected chi connectivity index (χ1v) is 44.0. The lowest BCUT2D eigenvalue weighted by Gasteiger charge is -2.47. The standard InChI is InChI=1S/C43H57N9O10S.C25H31NO6.C19H21NO6/c1-26-45-31-24-63-35(39(31)46-26)5-3-4-6-36(53)44-10-13-56-15-17-58-18-16-57-14-12-52-23-28(47-50-52)7-9-43(48-49-43)22-37(54)61-34-19-27-8-11-51(2)40(27)38-29-20-32-33(60-25-59-32)21-30(29)42(55)62-41(34)38;1-3-4-5-6-7-8-21(27)31-20-11-15-9-10-26(2)23(15)22-16-12-18-19(30-14-29-18)13-17(16)25(28)32-24(20)22;1-9(21)25-15-5-10-3-4-20(2)17(10)16-11-6-13-14(24-8-23-13)7-12(11)19(22)26-18(15)16/h19-21,23,31,34-35,38-41,45-46H,1,3-18,22,24-25H2,2H3,(H,44,53);11-13,20,22-24H,3-10,14H2,1-2H3;6-7,10,15-18H,3-5,8H2,1-2H3/t31-,34-,35-,38-,39-,40+,41+;20-,22-,23+,24+;10-,15+,16+,17-,18-/m001/s1. The molecule has 0 unspecified atom stereocenters. The van der Waals surface area contributed by atoms with Crippen LogP contribution in [0.4, 0.5) is 0 Å². The third kappa shape index (κ3) is 18.3. The van der Waals surface area contributed by atoms with Crippen LogP contribution in [-0.4, -0.2) is 262 Å². The van der Waals surface area contributed by atoms with E-state index in [1.165, 1.54) is 25.3 Å². The number of nitrogens with one attached hydrogen (secondary N) is 3. The van der Waals surface area contributed by atoms with Gasteiger partial charge in [-0.25, -0.2) is 19.1 Å². The van der Waals surface area contributed by atoms with Gasteiger partial charge in [0, 0.05) is 98.9 Å². The summed E-state index contributed by atoms with van der Waals surface area (Å²) in [6.45, 7) is 14.3. The van der Waals surface area contributed by atoms with Gasteiger partial charge in [-0.15, -0.1) is 5.10 Å². The molecule has 15 aliphatic rings. The lowest BCUT2D eigenvalue weighted by atomic mass is 9.69. The van der Waals surface area contributed by atoms with Gasteiger partial charge in [0.1, 0.15) is 12.2 Å². The van der Waals surface area contributed by atoms with Crippen molar-refractivity contribution in [1.82, 2.24) is 45.6 Å². The van der Waals surface area contributed by atoms with Crippen LogP contribution >= 0.6 is 11.8 Å². The van der Waals surface area contributed by atoms with Gasteiger partial charge in [0.2, 0.25) is 31.9 Å². The fraction of sp³-hybridized carbons (Fsp3) is 0.621.